The highest BCUT2D eigenvalue weighted by atomic mass is 35.5. The van der Waals surface area contributed by atoms with Crippen LogP contribution in [0.5, 0.6) is 0 Å². The van der Waals surface area contributed by atoms with E-state index in [1.807, 2.05) is 0 Å². The predicted molar refractivity (Wildman–Crippen MR) is 76.2 cm³/mol. The molecular weight excluding hydrogens is 274 g/mol. The van der Waals surface area contributed by atoms with Gasteiger partial charge < -0.3 is 5.43 Å². The molecule has 0 aliphatic rings. The lowest BCUT2D eigenvalue weighted by molar-refractivity contribution is 0.576. The molecule has 0 fully saturated rings. The number of rotatable bonds is 7. The molecule has 0 aliphatic heterocycles. The largest absolute Gasteiger partial charge is 0.324 e. The van der Waals surface area contributed by atoms with Gasteiger partial charge in [0.15, 0.2) is 0 Å². The topological polar surface area (TPSA) is 84.2 Å². The highest BCUT2D eigenvalue weighted by molar-refractivity contribution is 7.89. The zero-order chi connectivity index (χ0) is 12.7. The summed E-state index contributed by atoms with van der Waals surface area (Å²) in [5.41, 5.74) is 3.13. The first-order chi connectivity index (χ1) is 8.10. The molecule has 0 aromatic heterocycles. The second kappa shape index (κ2) is 8.31. The molecule has 0 amide bonds. The van der Waals surface area contributed by atoms with E-state index in [9.17, 15) is 8.42 Å². The van der Waals surface area contributed by atoms with Crippen molar-refractivity contribution in [3.63, 3.8) is 0 Å². The van der Waals surface area contributed by atoms with Gasteiger partial charge in [0, 0.05) is 12.2 Å². The van der Waals surface area contributed by atoms with Crippen LogP contribution in [-0.2, 0) is 10.0 Å². The maximum atomic E-state index is 11.8. The van der Waals surface area contributed by atoms with Crippen molar-refractivity contribution in [1.82, 2.24) is 4.72 Å². The number of nitrogens with two attached hydrogens (primary N) is 1. The highest BCUT2D eigenvalue weighted by Gasteiger charge is 2.12. The van der Waals surface area contributed by atoms with Crippen molar-refractivity contribution in [3.8, 4) is 0 Å². The molecule has 0 spiro atoms. The molecular formula is C11H20ClN3O2S. The molecule has 0 atom stereocenters. The number of sulfonamides is 1. The first-order valence-electron chi connectivity index (χ1n) is 5.66. The summed E-state index contributed by atoms with van der Waals surface area (Å²) in [6, 6.07) is 6.30. The molecule has 1 rings (SSSR count). The van der Waals surface area contributed by atoms with E-state index in [1.54, 1.807) is 12.1 Å². The van der Waals surface area contributed by atoms with Crippen LogP contribution in [0.15, 0.2) is 29.2 Å². The van der Waals surface area contributed by atoms with Gasteiger partial charge in [-0.2, -0.15) is 0 Å². The van der Waals surface area contributed by atoms with Crippen molar-refractivity contribution in [3.05, 3.63) is 24.3 Å². The Labute approximate surface area is 115 Å². The minimum Gasteiger partial charge on any atom is -0.324 e. The standard InChI is InChI=1S/C11H19N3O2S.ClH/c1-2-3-4-9-13-17(15,16)11-7-5-10(14-12)6-8-11;/h5-8,13-14H,2-4,9,12H2,1H3;1H. The number of anilines is 1. The van der Waals surface area contributed by atoms with E-state index in [1.165, 1.54) is 12.1 Å². The third kappa shape index (κ3) is 5.22. The van der Waals surface area contributed by atoms with Gasteiger partial charge in [0.05, 0.1) is 4.90 Å². The van der Waals surface area contributed by atoms with Crippen molar-refractivity contribution >= 4 is 28.1 Å². The van der Waals surface area contributed by atoms with Crippen molar-refractivity contribution in [2.24, 2.45) is 5.84 Å². The van der Waals surface area contributed by atoms with Crippen LogP contribution < -0.4 is 16.0 Å². The van der Waals surface area contributed by atoms with E-state index >= 15 is 0 Å². The Hall–Kier alpha value is -0.820. The molecule has 1 aromatic carbocycles. The van der Waals surface area contributed by atoms with Gasteiger partial charge >= 0.3 is 0 Å². The molecule has 0 bridgehead atoms. The molecule has 0 radical (unpaired) electrons. The van der Waals surface area contributed by atoms with Gasteiger partial charge in [-0.15, -0.1) is 12.4 Å². The fourth-order valence-corrected chi connectivity index (χ4v) is 2.47. The Morgan fingerprint density at radius 1 is 1.17 bits per heavy atom. The summed E-state index contributed by atoms with van der Waals surface area (Å²) in [6.07, 6.45) is 2.95. The molecule has 0 unspecified atom stereocenters. The molecule has 0 heterocycles. The third-order valence-electron chi connectivity index (χ3n) is 2.40. The SMILES string of the molecule is CCCCCNS(=O)(=O)c1ccc(NN)cc1.Cl. The number of unbranched alkanes of at least 4 members (excludes halogenated alkanes) is 2. The maximum Gasteiger partial charge on any atom is 0.240 e. The van der Waals surface area contributed by atoms with Crippen LogP contribution in [0.25, 0.3) is 0 Å². The normalized spacial score (nSPS) is 10.8. The van der Waals surface area contributed by atoms with Gasteiger partial charge in [0.25, 0.3) is 0 Å². The predicted octanol–water partition coefficient (Wildman–Crippen LogP) is 1.86. The number of hydrazine groups is 1. The Morgan fingerprint density at radius 2 is 1.78 bits per heavy atom. The second-order valence-corrected chi connectivity index (χ2v) is 5.54. The minimum absolute atomic E-state index is 0. The molecule has 0 saturated carbocycles. The molecule has 7 heteroatoms. The fourth-order valence-electron chi connectivity index (χ4n) is 1.40. The van der Waals surface area contributed by atoms with Crippen LogP contribution in [-0.4, -0.2) is 15.0 Å². The average molecular weight is 294 g/mol. The lowest BCUT2D eigenvalue weighted by Crippen LogP contribution is -2.24. The number of hydrogen-bond acceptors (Lipinski definition) is 4. The monoisotopic (exact) mass is 293 g/mol. The Bertz CT molecular complexity index is 434. The van der Waals surface area contributed by atoms with Gasteiger partial charge in [0.2, 0.25) is 10.0 Å². The number of nitrogens with one attached hydrogen (secondary N) is 2. The molecule has 104 valence electrons. The summed E-state index contributed by atoms with van der Waals surface area (Å²) in [5, 5.41) is 0. The summed E-state index contributed by atoms with van der Waals surface area (Å²) in [4.78, 5) is 0.257. The minimum atomic E-state index is -3.38. The van der Waals surface area contributed by atoms with Crippen LogP contribution in [0.4, 0.5) is 5.69 Å². The third-order valence-corrected chi connectivity index (χ3v) is 3.88. The number of nitrogen functional groups attached to an aromatic ring is 1. The zero-order valence-corrected chi connectivity index (χ0v) is 12.0. The average Bonchev–Trinajstić information content (AvgIpc) is 2.35. The lowest BCUT2D eigenvalue weighted by Gasteiger charge is -2.07. The van der Waals surface area contributed by atoms with Crippen LogP contribution in [0.2, 0.25) is 0 Å². The Morgan fingerprint density at radius 3 is 2.28 bits per heavy atom. The number of halogens is 1. The van der Waals surface area contributed by atoms with Crippen molar-refractivity contribution < 1.29 is 8.42 Å². The maximum absolute atomic E-state index is 11.8. The summed E-state index contributed by atoms with van der Waals surface area (Å²) in [5.74, 6) is 5.21. The quantitative estimate of drug-likeness (QED) is 0.407. The van der Waals surface area contributed by atoms with E-state index in [2.05, 4.69) is 17.1 Å². The first kappa shape index (κ1) is 17.2. The first-order valence-corrected chi connectivity index (χ1v) is 7.15. The van der Waals surface area contributed by atoms with E-state index in [4.69, 9.17) is 5.84 Å². The van der Waals surface area contributed by atoms with Crippen LogP contribution in [0.3, 0.4) is 0 Å². The molecule has 4 N–H and O–H groups in total. The summed E-state index contributed by atoms with van der Waals surface area (Å²) in [6.45, 7) is 2.56. The Kier molecular flexibility index (Phi) is 7.93. The summed E-state index contributed by atoms with van der Waals surface area (Å²) < 4.78 is 26.2. The van der Waals surface area contributed by atoms with E-state index in [0.717, 1.165) is 19.3 Å². The lowest BCUT2D eigenvalue weighted by atomic mass is 10.3. The molecule has 18 heavy (non-hydrogen) atoms. The van der Waals surface area contributed by atoms with Crippen molar-refractivity contribution in [1.29, 1.82) is 0 Å². The summed E-state index contributed by atoms with van der Waals surface area (Å²) >= 11 is 0. The van der Waals surface area contributed by atoms with Gasteiger partial charge in [0.1, 0.15) is 0 Å². The van der Waals surface area contributed by atoms with Gasteiger partial charge in [-0.1, -0.05) is 19.8 Å². The second-order valence-electron chi connectivity index (χ2n) is 3.77. The van der Waals surface area contributed by atoms with Gasteiger partial charge in [-0.25, -0.2) is 13.1 Å². The molecule has 0 saturated heterocycles. The van der Waals surface area contributed by atoms with E-state index < -0.39 is 10.0 Å². The highest BCUT2D eigenvalue weighted by Crippen LogP contribution is 2.12. The summed E-state index contributed by atoms with van der Waals surface area (Å²) in [7, 11) is -3.38. The van der Waals surface area contributed by atoms with Crippen LogP contribution in [0.1, 0.15) is 26.2 Å². The zero-order valence-electron chi connectivity index (χ0n) is 10.3. The smallest absolute Gasteiger partial charge is 0.240 e. The number of benzene rings is 1. The molecule has 0 aliphatic carbocycles. The fraction of sp³-hybridized carbons (Fsp3) is 0.455. The van der Waals surface area contributed by atoms with Crippen molar-refractivity contribution in [2.75, 3.05) is 12.0 Å². The van der Waals surface area contributed by atoms with Gasteiger partial charge in [-0.05, 0) is 30.7 Å². The van der Waals surface area contributed by atoms with Crippen LogP contribution in [0, 0.1) is 0 Å². The molecule has 5 nitrogen and oxygen atoms in total. The van der Waals surface area contributed by atoms with Crippen LogP contribution >= 0.6 is 12.4 Å². The van der Waals surface area contributed by atoms with Crippen molar-refractivity contribution in [2.45, 2.75) is 31.1 Å². The van der Waals surface area contributed by atoms with E-state index in [-0.39, 0.29) is 17.3 Å². The Balaban J connectivity index is 0.00000289. The van der Waals surface area contributed by atoms with E-state index in [0.29, 0.717) is 12.2 Å². The van der Waals surface area contributed by atoms with Gasteiger partial charge in [-0.3, -0.25) is 5.84 Å². The molecule has 1 aromatic rings. The number of hydrogen-bond donors (Lipinski definition) is 3.